The van der Waals surface area contributed by atoms with Gasteiger partial charge in [0.2, 0.25) is 0 Å². The summed E-state index contributed by atoms with van der Waals surface area (Å²) in [6.45, 7) is 20.9. The SMILES string of the molecule is CCCCCCCCC1(CCCCCCCC)c2cc(C)ccc2-c2cc3c(cc21)-c1ccc(-c2ccc(N(c4ccc(C)cc4)c4ccc(C#C[Si](C)(C)C)cc4)cc2)cc1C3(CCCCCCCC)CCCCCCCC. The number of unbranched alkanes of at least 4 members (excludes halogenated alkanes) is 20. The Morgan fingerprint density at radius 3 is 1.11 bits per heavy atom. The lowest BCUT2D eigenvalue weighted by Gasteiger charge is -2.35. The van der Waals surface area contributed by atoms with E-state index in [1.54, 1.807) is 33.4 Å². The molecule has 2 aliphatic carbocycles. The topological polar surface area (TPSA) is 3.24 Å². The van der Waals surface area contributed by atoms with E-state index in [2.05, 4.69) is 199 Å². The van der Waals surface area contributed by atoms with Crippen LogP contribution >= 0.6 is 0 Å². The standard InChI is InChI=1S/C77H103NSi/c1-10-14-18-22-26-30-51-76(52-31-27-23-19-15-11-2)72-56-61(6)36-48-68(72)70-58-75-71(59-74(70)76)69-49-41-64(57-73(69)77(75,53-32-28-24-20-16-12-3)54-33-29-25-21-17-13-4)63-39-46-67(47-40-63)78(65-42-34-60(5)35-43-65)66-44-37-62(38-45-66)50-55-79(7,8)9/h34-49,56-59H,10-33,51-54H2,1-9H3. The molecule has 6 aromatic carbocycles. The van der Waals surface area contributed by atoms with Gasteiger partial charge in [-0.15, -0.1) is 5.54 Å². The van der Waals surface area contributed by atoms with Gasteiger partial charge in [0.15, 0.2) is 0 Å². The van der Waals surface area contributed by atoms with Crippen molar-refractivity contribution < 1.29 is 0 Å². The van der Waals surface area contributed by atoms with Crippen molar-refractivity contribution in [1.82, 2.24) is 0 Å². The Morgan fingerprint density at radius 1 is 0.342 bits per heavy atom. The number of hydrogen-bond acceptors (Lipinski definition) is 1. The van der Waals surface area contributed by atoms with E-state index in [0.29, 0.717) is 0 Å². The van der Waals surface area contributed by atoms with Gasteiger partial charge in [0.25, 0.3) is 0 Å². The van der Waals surface area contributed by atoms with E-state index in [1.165, 1.54) is 213 Å². The number of nitrogens with zero attached hydrogens (tertiary/aromatic N) is 1. The Bertz CT molecular complexity index is 2870. The summed E-state index contributed by atoms with van der Waals surface area (Å²) in [5.41, 5.74) is 26.2. The summed E-state index contributed by atoms with van der Waals surface area (Å²) in [6, 6.07) is 48.4. The second kappa shape index (κ2) is 29.0. The molecule has 0 fully saturated rings. The van der Waals surface area contributed by atoms with Gasteiger partial charge >= 0.3 is 0 Å². The fraction of sp³-hybridized carbons (Fsp3) is 0.506. The van der Waals surface area contributed by atoms with Crippen LogP contribution < -0.4 is 4.90 Å². The average molecular weight is 1070 g/mol. The van der Waals surface area contributed by atoms with Gasteiger partial charge in [0.05, 0.1) is 0 Å². The zero-order valence-corrected chi connectivity index (χ0v) is 52.3. The third kappa shape index (κ3) is 14.9. The maximum Gasteiger partial charge on any atom is 0.129 e. The van der Waals surface area contributed by atoms with Gasteiger partial charge < -0.3 is 4.90 Å². The normalized spacial score (nSPS) is 13.6. The highest BCUT2D eigenvalue weighted by atomic mass is 28.3. The lowest BCUT2D eigenvalue weighted by Crippen LogP contribution is -2.27. The molecule has 79 heavy (non-hydrogen) atoms. The van der Waals surface area contributed by atoms with E-state index in [1.807, 2.05) is 0 Å². The molecule has 0 bridgehead atoms. The summed E-state index contributed by atoms with van der Waals surface area (Å²) in [7, 11) is -1.49. The zero-order chi connectivity index (χ0) is 55.7. The second-order valence-corrected chi connectivity index (χ2v) is 30.5. The van der Waals surface area contributed by atoms with Gasteiger partial charge in [-0.2, -0.15) is 0 Å². The van der Waals surface area contributed by atoms with Crippen molar-refractivity contribution in [2.75, 3.05) is 4.90 Å². The number of benzene rings is 6. The Labute approximate surface area is 484 Å². The summed E-state index contributed by atoms with van der Waals surface area (Å²) in [5, 5.41) is 0. The molecular formula is C77H103NSi. The molecular weight excluding hydrogens is 967 g/mol. The van der Waals surface area contributed by atoms with Crippen molar-refractivity contribution in [2.45, 2.75) is 252 Å². The third-order valence-electron chi connectivity index (χ3n) is 18.3. The minimum atomic E-state index is -1.49. The van der Waals surface area contributed by atoms with Crippen LogP contribution in [0.25, 0.3) is 33.4 Å². The molecule has 2 aliphatic rings. The monoisotopic (exact) mass is 1070 g/mol. The molecule has 0 aliphatic heterocycles. The molecule has 0 saturated heterocycles. The molecule has 2 heteroatoms. The zero-order valence-electron chi connectivity index (χ0n) is 51.3. The Kier molecular flexibility index (Phi) is 22.1. The summed E-state index contributed by atoms with van der Waals surface area (Å²) in [5.74, 6) is 3.48. The summed E-state index contributed by atoms with van der Waals surface area (Å²) in [6.07, 6.45) is 37.0. The molecule has 0 aromatic heterocycles. The fourth-order valence-electron chi connectivity index (χ4n) is 13.8. The molecule has 8 rings (SSSR count). The maximum atomic E-state index is 3.56. The van der Waals surface area contributed by atoms with Gasteiger partial charge in [-0.1, -0.05) is 273 Å². The van der Waals surface area contributed by atoms with Gasteiger partial charge in [-0.05, 0) is 162 Å². The first-order chi connectivity index (χ1) is 38.4. The van der Waals surface area contributed by atoms with Crippen molar-refractivity contribution in [3.63, 3.8) is 0 Å². The van der Waals surface area contributed by atoms with Crippen LogP contribution in [0.4, 0.5) is 17.1 Å². The van der Waals surface area contributed by atoms with E-state index in [4.69, 9.17) is 0 Å². The number of rotatable bonds is 32. The minimum Gasteiger partial charge on any atom is -0.311 e. The molecule has 0 spiro atoms. The third-order valence-corrected chi connectivity index (χ3v) is 19.2. The van der Waals surface area contributed by atoms with Crippen molar-refractivity contribution in [3.8, 4) is 44.8 Å². The van der Waals surface area contributed by atoms with Gasteiger partial charge in [-0.25, -0.2) is 0 Å². The fourth-order valence-corrected chi connectivity index (χ4v) is 14.3. The van der Waals surface area contributed by atoms with Gasteiger partial charge in [0, 0.05) is 33.5 Å². The van der Waals surface area contributed by atoms with Gasteiger partial charge in [-0.3, -0.25) is 0 Å². The van der Waals surface area contributed by atoms with E-state index in [-0.39, 0.29) is 10.8 Å². The largest absolute Gasteiger partial charge is 0.311 e. The van der Waals surface area contributed by atoms with Crippen molar-refractivity contribution in [1.29, 1.82) is 0 Å². The van der Waals surface area contributed by atoms with Crippen LogP contribution in [0, 0.1) is 25.3 Å². The van der Waals surface area contributed by atoms with Crippen LogP contribution in [0.5, 0.6) is 0 Å². The maximum absolute atomic E-state index is 3.56. The molecule has 0 saturated carbocycles. The Balaban J connectivity index is 1.23. The lowest BCUT2D eigenvalue weighted by molar-refractivity contribution is 0.394. The van der Waals surface area contributed by atoms with Crippen LogP contribution in [0.3, 0.4) is 0 Å². The predicted octanol–water partition coefficient (Wildman–Crippen LogP) is 24.2. The minimum absolute atomic E-state index is 0.0202. The van der Waals surface area contributed by atoms with E-state index in [0.717, 1.165) is 22.6 Å². The van der Waals surface area contributed by atoms with Gasteiger partial charge in [0.1, 0.15) is 8.07 Å². The van der Waals surface area contributed by atoms with Crippen LogP contribution in [0.2, 0.25) is 19.6 Å². The average Bonchev–Trinajstić information content (AvgIpc) is 3.75. The van der Waals surface area contributed by atoms with Crippen LogP contribution in [-0.2, 0) is 10.8 Å². The highest BCUT2D eigenvalue weighted by molar-refractivity contribution is 6.83. The highest BCUT2D eigenvalue weighted by Crippen LogP contribution is 2.61. The van der Waals surface area contributed by atoms with Crippen molar-refractivity contribution in [2.24, 2.45) is 0 Å². The number of aryl methyl sites for hydroxylation is 2. The molecule has 6 aromatic rings. The molecule has 0 N–H and O–H groups in total. The number of fused-ring (bicyclic) bond motifs is 6. The Hall–Kier alpha value is -5.10. The van der Waals surface area contributed by atoms with Crippen LogP contribution in [-0.4, -0.2) is 8.07 Å². The second-order valence-electron chi connectivity index (χ2n) is 25.8. The molecule has 0 amide bonds. The van der Waals surface area contributed by atoms with E-state index >= 15 is 0 Å². The molecule has 0 unspecified atom stereocenters. The summed E-state index contributed by atoms with van der Waals surface area (Å²) < 4.78 is 0. The highest BCUT2D eigenvalue weighted by Gasteiger charge is 2.48. The smallest absolute Gasteiger partial charge is 0.129 e. The summed E-state index contributed by atoms with van der Waals surface area (Å²) in [4.78, 5) is 2.40. The first-order valence-electron chi connectivity index (χ1n) is 32.5. The predicted molar refractivity (Wildman–Crippen MR) is 351 cm³/mol. The number of hydrogen-bond donors (Lipinski definition) is 0. The quantitative estimate of drug-likeness (QED) is 0.0231. The lowest BCUT2D eigenvalue weighted by atomic mass is 9.68. The van der Waals surface area contributed by atoms with Crippen LogP contribution in [0.15, 0.2) is 121 Å². The first-order valence-corrected chi connectivity index (χ1v) is 36.0. The van der Waals surface area contributed by atoms with E-state index < -0.39 is 8.07 Å². The first kappa shape index (κ1) is 60.0. The molecule has 0 atom stereocenters. The van der Waals surface area contributed by atoms with Crippen molar-refractivity contribution >= 4 is 25.1 Å². The number of anilines is 3. The van der Waals surface area contributed by atoms with Crippen LogP contribution in [0.1, 0.15) is 246 Å². The Morgan fingerprint density at radius 2 is 0.684 bits per heavy atom. The molecule has 420 valence electrons. The molecule has 0 radical (unpaired) electrons. The van der Waals surface area contributed by atoms with Crippen molar-refractivity contribution in [3.05, 3.63) is 160 Å². The molecule has 0 heterocycles. The molecule has 1 nitrogen and oxygen atoms in total. The van der Waals surface area contributed by atoms with E-state index in [9.17, 15) is 0 Å². The summed E-state index contributed by atoms with van der Waals surface area (Å²) >= 11 is 0.